The summed E-state index contributed by atoms with van der Waals surface area (Å²) in [5, 5.41) is 14.0. The van der Waals surface area contributed by atoms with E-state index in [1.54, 1.807) is 38.5 Å². The van der Waals surface area contributed by atoms with Crippen LogP contribution in [0.25, 0.3) is 0 Å². The number of aliphatic hydroxyl groups excluding tert-OH is 1. The molecular weight excluding hydrogens is 399 g/mol. The Hall–Kier alpha value is -3.00. The minimum Gasteiger partial charge on any atom is -0.497 e. The van der Waals surface area contributed by atoms with Crippen LogP contribution in [0.4, 0.5) is 10.1 Å². The fourth-order valence-electron chi connectivity index (χ4n) is 3.59. The van der Waals surface area contributed by atoms with E-state index >= 15 is 0 Å². The van der Waals surface area contributed by atoms with E-state index in [-0.39, 0.29) is 12.4 Å². The zero-order chi connectivity index (χ0) is 22.2. The summed E-state index contributed by atoms with van der Waals surface area (Å²) in [5.41, 5.74) is 1.31. The molecule has 8 heteroatoms. The SMILES string of the molecule is CCNC(=NCC(O)c1cc(OC)cc(OC)c1)N1CCN(c2ccccc2F)CC1. The number of guanidine groups is 1. The highest BCUT2D eigenvalue weighted by atomic mass is 19.1. The first-order valence-corrected chi connectivity index (χ1v) is 10.5. The van der Waals surface area contributed by atoms with E-state index in [9.17, 15) is 9.50 Å². The average molecular weight is 431 g/mol. The van der Waals surface area contributed by atoms with E-state index in [0.717, 1.165) is 12.5 Å². The Bertz CT molecular complexity index is 863. The van der Waals surface area contributed by atoms with Crippen molar-refractivity contribution in [3.8, 4) is 11.5 Å². The van der Waals surface area contributed by atoms with Gasteiger partial charge in [0.15, 0.2) is 5.96 Å². The van der Waals surface area contributed by atoms with Crippen molar-refractivity contribution in [2.45, 2.75) is 13.0 Å². The number of hydrogen-bond acceptors (Lipinski definition) is 5. The molecule has 0 bridgehead atoms. The van der Waals surface area contributed by atoms with Gasteiger partial charge in [-0.25, -0.2) is 4.39 Å². The van der Waals surface area contributed by atoms with Crippen molar-refractivity contribution in [1.82, 2.24) is 10.2 Å². The molecule has 0 saturated carbocycles. The molecule has 31 heavy (non-hydrogen) atoms. The van der Waals surface area contributed by atoms with Crippen LogP contribution in [-0.2, 0) is 0 Å². The van der Waals surface area contributed by atoms with Gasteiger partial charge in [-0.05, 0) is 36.8 Å². The Kier molecular flexibility index (Phi) is 7.94. The van der Waals surface area contributed by atoms with Crippen molar-refractivity contribution in [2.75, 3.05) is 58.4 Å². The summed E-state index contributed by atoms with van der Waals surface area (Å²) in [5.74, 6) is 1.78. The van der Waals surface area contributed by atoms with Gasteiger partial charge in [0.05, 0.1) is 32.6 Å². The van der Waals surface area contributed by atoms with Crippen molar-refractivity contribution in [3.63, 3.8) is 0 Å². The van der Waals surface area contributed by atoms with Gasteiger partial charge in [-0.1, -0.05) is 12.1 Å². The molecule has 1 aliphatic rings. The molecule has 1 fully saturated rings. The van der Waals surface area contributed by atoms with E-state index < -0.39 is 6.10 Å². The Morgan fingerprint density at radius 1 is 1.10 bits per heavy atom. The largest absolute Gasteiger partial charge is 0.497 e. The molecule has 0 aliphatic carbocycles. The van der Waals surface area contributed by atoms with E-state index in [1.165, 1.54) is 6.07 Å². The molecule has 2 aromatic rings. The van der Waals surface area contributed by atoms with Crippen LogP contribution >= 0.6 is 0 Å². The maximum absolute atomic E-state index is 14.1. The molecule has 168 valence electrons. The summed E-state index contributed by atoms with van der Waals surface area (Å²) in [6.45, 7) is 5.74. The van der Waals surface area contributed by atoms with Gasteiger partial charge in [-0.2, -0.15) is 0 Å². The number of piperazine rings is 1. The lowest BCUT2D eigenvalue weighted by Crippen LogP contribution is -2.52. The lowest BCUT2D eigenvalue weighted by Gasteiger charge is -2.37. The van der Waals surface area contributed by atoms with Crippen molar-refractivity contribution in [3.05, 3.63) is 53.8 Å². The molecule has 2 N–H and O–H groups in total. The zero-order valence-electron chi connectivity index (χ0n) is 18.3. The second-order valence-electron chi connectivity index (χ2n) is 7.28. The van der Waals surface area contributed by atoms with Crippen LogP contribution in [0, 0.1) is 5.82 Å². The first-order valence-electron chi connectivity index (χ1n) is 10.5. The molecule has 2 aromatic carbocycles. The number of halogens is 1. The second-order valence-corrected chi connectivity index (χ2v) is 7.28. The van der Waals surface area contributed by atoms with Crippen LogP contribution in [0.3, 0.4) is 0 Å². The van der Waals surface area contributed by atoms with Crippen LogP contribution in [-0.4, -0.2) is 69.5 Å². The van der Waals surface area contributed by atoms with Gasteiger partial charge in [-0.15, -0.1) is 0 Å². The number of hydrogen-bond donors (Lipinski definition) is 2. The molecule has 1 atom stereocenters. The van der Waals surface area contributed by atoms with Crippen LogP contribution in [0.15, 0.2) is 47.5 Å². The number of anilines is 1. The third kappa shape index (κ3) is 5.79. The minimum absolute atomic E-state index is 0.201. The van der Waals surface area contributed by atoms with E-state index in [0.29, 0.717) is 48.9 Å². The topological polar surface area (TPSA) is 69.6 Å². The summed E-state index contributed by atoms with van der Waals surface area (Å²) in [4.78, 5) is 8.83. The number of para-hydroxylation sites is 1. The van der Waals surface area contributed by atoms with E-state index in [2.05, 4.69) is 15.2 Å². The second kappa shape index (κ2) is 10.9. The Morgan fingerprint density at radius 2 is 1.74 bits per heavy atom. The lowest BCUT2D eigenvalue weighted by atomic mass is 10.1. The molecule has 1 heterocycles. The smallest absolute Gasteiger partial charge is 0.194 e. The number of nitrogens with zero attached hydrogens (tertiary/aromatic N) is 3. The van der Waals surface area contributed by atoms with Crippen molar-refractivity contribution in [2.24, 2.45) is 4.99 Å². The third-order valence-corrected chi connectivity index (χ3v) is 5.28. The number of methoxy groups -OCH3 is 2. The summed E-state index contributed by atoms with van der Waals surface area (Å²) >= 11 is 0. The molecule has 0 spiro atoms. The van der Waals surface area contributed by atoms with E-state index in [4.69, 9.17) is 9.47 Å². The Balaban J connectivity index is 1.66. The van der Waals surface area contributed by atoms with Crippen LogP contribution in [0.1, 0.15) is 18.6 Å². The minimum atomic E-state index is -0.794. The first-order chi connectivity index (χ1) is 15.0. The van der Waals surface area contributed by atoms with Gasteiger partial charge in [0.1, 0.15) is 17.3 Å². The van der Waals surface area contributed by atoms with Crippen LogP contribution in [0.5, 0.6) is 11.5 Å². The van der Waals surface area contributed by atoms with Crippen molar-refractivity contribution in [1.29, 1.82) is 0 Å². The number of nitrogens with one attached hydrogen (secondary N) is 1. The predicted molar refractivity (Wildman–Crippen MR) is 121 cm³/mol. The monoisotopic (exact) mass is 430 g/mol. The van der Waals surface area contributed by atoms with Gasteiger partial charge in [0, 0.05) is 38.8 Å². The predicted octanol–water partition coefficient (Wildman–Crippen LogP) is 2.66. The average Bonchev–Trinajstić information content (AvgIpc) is 2.81. The highest BCUT2D eigenvalue weighted by Gasteiger charge is 2.22. The van der Waals surface area contributed by atoms with Crippen molar-refractivity contribution < 1.29 is 19.0 Å². The summed E-state index contributed by atoms with van der Waals surface area (Å²) in [6, 6.07) is 12.2. The highest BCUT2D eigenvalue weighted by molar-refractivity contribution is 5.80. The fourth-order valence-corrected chi connectivity index (χ4v) is 3.59. The number of ether oxygens (including phenoxy) is 2. The number of rotatable bonds is 7. The lowest BCUT2D eigenvalue weighted by molar-refractivity contribution is 0.185. The van der Waals surface area contributed by atoms with Gasteiger partial charge in [-0.3, -0.25) is 4.99 Å². The maximum atomic E-state index is 14.1. The molecule has 3 rings (SSSR count). The third-order valence-electron chi connectivity index (χ3n) is 5.28. The van der Waals surface area contributed by atoms with E-state index in [1.807, 2.05) is 24.0 Å². The normalized spacial score (nSPS) is 15.6. The molecular formula is C23H31FN4O3. The van der Waals surface area contributed by atoms with Gasteiger partial charge >= 0.3 is 0 Å². The molecule has 0 amide bonds. The molecule has 0 radical (unpaired) electrons. The Morgan fingerprint density at radius 3 is 2.32 bits per heavy atom. The van der Waals surface area contributed by atoms with Gasteiger partial charge in [0.2, 0.25) is 0 Å². The van der Waals surface area contributed by atoms with Crippen LogP contribution in [0.2, 0.25) is 0 Å². The van der Waals surface area contributed by atoms with Crippen LogP contribution < -0.4 is 19.7 Å². The molecule has 1 saturated heterocycles. The molecule has 1 unspecified atom stereocenters. The van der Waals surface area contributed by atoms with Gasteiger partial charge < -0.3 is 29.7 Å². The summed E-state index contributed by atoms with van der Waals surface area (Å²) in [6.07, 6.45) is -0.794. The Labute approximate surface area is 183 Å². The van der Waals surface area contributed by atoms with Gasteiger partial charge in [0.25, 0.3) is 0 Å². The fraction of sp³-hybridized carbons (Fsp3) is 0.435. The quantitative estimate of drug-likeness (QED) is 0.520. The molecule has 7 nitrogen and oxygen atoms in total. The zero-order valence-corrected chi connectivity index (χ0v) is 18.3. The van der Waals surface area contributed by atoms with Crippen molar-refractivity contribution >= 4 is 11.6 Å². The number of aliphatic imine (C=N–C) groups is 1. The first kappa shape index (κ1) is 22.7. The highest BCUT2D eigenvalue weighted by Crippen LogP contribution is 2.26. The number of benzene rings is 2. The number of aliphatic hydroxyl groups is 1. The standard InChI is InChI=1S/C23H31FN4O3/c1-4-25-23(26-16-22(29)17-13-18(30-2)15-19(14-17)31-3)28-11-9-27(10-12-28)21-8-6-5-7-20(21)24/h5-8,13-15,22,29H,4,9-12,16H2,1-3H3,(H,25,26). The maximum Gasteiger partial charge on any atom is 0.194 e. The summed E-state index contributed by atoms with van der Waals surface area (Å²) in [7, 11) is 3.15. The molecule has 0 aromatic heterocycles. The summed E-state index contributed by atoms with van der Waals surface area (Å²) < 4.78 is 24.7. The molecule has 1 aliphatic heterocycles.